The van der Waals surface area contributed by atoms with E-state index in [1.807, 2.05) is 30.3 Å². The molecule has 0 bridgehead atoms. The summed E-state index contributed by atoms with van der Waals surface area (Å²) in [7, 11) is 4.77. The van der Waals surface area contributed by atoms with Crippen LogP contribution < -0.4 is 34.6 Å². The first-order valence-electron chi connectivity index (χ1n) is 13.9. The van der Waals surface area contributed by atoms with Crippen molar-refractivity contribution in [3.63, 3.8) is 0 Å². The quantitative estimate of drug-likeness (QED) is 0.339. The third-order valence-corrected chi connectivity index (χ3v) is 6.92. The first-order chi connectivity index (χ1) is 20.1. The molecule has 224 valence electrons. The van der Waals surface area contributed by atoms with Gasteiger partial charge in [0.05, 0.1) is 34.5 Å². The van der Waals surface area contributed by atoms with Crippen LogP contribution in [0.3, 0.4) is 0 Å². The molecular weight excluding hydrogens is 524 g/mol. The topological polar surface area (TPSA) is 110 Å². The van der Waals surface area contributed by atoms with Gasteiger partial charge in [0.2, 0.25) is 18.1 Å². The van der Waals surface area contributed by atoms with Crippen LogP contribution in [0.2, 0.25) is 0 Å². The molecule has 0 radical (unpaired) electrons. The highest BCUT2D eigenvalue weighted by Gasteiger charge is 2.16. The van der Waals surface area contributed by atoms with E-state index >= 15 is 0 Å². The summed E-state index contributed by atoms with van der Waals surface area (Å²) in [6.07, 6.45) is 6.20. The average molecular weight is 569 g/mol. The fourth-order valence-corrected chi connectivity index (χ4v) is 4.84. The fourth-order valence-electron chi connectivity index (χ4n) is 4.84. The maximum atomic E-state index is 10.2. The normalized spacial score (nSPS) is 14.8. The number of carbonyl (C=O) groups excluding carboxylic acids is 1. The van der Waals surface area contributed by atoms with Crippen LogP contribution in [0.1, 0.15) is 27.7 Å². The Bertz CT molecular complexity index is 1230. The van der Waals surface area contributed by atoms with Crippen molar-refractivity contribution in [3.05, 3.63) is 54.2 Å². The summed E-state index contributed by atoms with van der Waals surface area (Å²) in [5, 5.41) is 5.89. The molecule has 2 aliphatic rings. The van der Waals surface area contributed by atoms with Gasteiger partial charge in [-0.2, -0.15) is 4.98 Å². The van der Waals surface area contributed by atoms with E-state index in [0.717, 1.165) is 62.9 Å². The number of hydrogen-bond acceptors (Lipinski definition) is 10. The number of rotatable bonds is 10. The van der Waals surface area contributed by atoms with Crippen LogP contribution in [-0.2, 0) is 16.1 Å². The van der Waals surface area contributed by atoms with E-state index in [1.54, 1.807) is 27.5 Å². The summed E-state index contributed by atoms with van der Waals surface area (Å²) in [5.41, 5.74) is 3.09. The van der Waals surface area contributed by atoms with E-state index in [4.69, 9.17) is 18.9 Å². The minimum atomic E-state index is 0. The molecule has 0 aliphatic carbocycles. The summed E-state index contributed by atoms with van der Waals surface area (Å²) < 4.78 is 21.4. The molecule has 41 heavy (non-hydrogen) atoms. The Balaban J connectivity index is 0.000000312. The molecular formula is C30H44N6O5. The molecule has 3 aromatic rings. The van der Waals surface area contributed by atoms with Crippen molar-refractivity contribution in [1.29, 1.82) is 0 Å². The van der Waals surface area contributed by atoms with Crippen LogP contribution in [0.5, 0.6) is 17.2 Å². The standard InChI is InChI=1S/C18H24N4O3.C12H16N2O2.2H2/c1-23-14-11-13(12-15(24-2)17(14)25-3)20-18-19-8-7-16(21-18)22-9-5-4-6-10-22;15-10-13-9-11-2-1-3-12(8-11)14-4-6-16-7-5-14;;/h7-8,11-12H,4-6,9-10H2,1-3H3,(H,19,20,21);1-3,8,10H,4-7,9H2,(H,13,15);2*1H. The minimum Gasteiger partial charge on any atom is -0.493 e. The van der Waals surface area contributed by atoms with Gasteiger partial charge in [0.15, 0.2) is 11.5 Å². The van der Waals surface area contributed by atoms with Gasteiger partial charge in [-0.15, -0.1) is 0 Å². The van der Waals surface area contributed by atoms with Gasteiger partial charge in [0.25, 0.3) is 0 Å². The summed E-state index contributed by atoms with van der Waals surface area (Å²) in [5.74, 6) is 3.20. The molecule has 2 saturated heterocycles. The molecule has 2 aliphatic heterocycles. The lowest BCUT2D eigenvalue weighted by atomic mass is 10.1. The highest BCUT2D eigenvalue weighted by Crippen LogP contribution is 2.40. The summed E-state index contributed by atoms with van der Waals surface area (Å²) >= 11 is 0. The van der Waals surface area contributed by atoms with Crippen molar-refractivity contribution in [2.45, 2.75) is 25.8 Å². The third-order valence-electron chi connectivity index (χ3n) is 6.92. The molecule has 0 saturated carbocycles. The number of carbonyl (C=O) groups is 1. The maximum Gasteiger partial charge on any atom is 0.229 e. The first kappa shape index (κ1) is 29.7. The van der Waals surface area contributed by atoms with Gasteiger partial charge in [-0.25, -0.2) is 4.98 Å². The predicted molar refractivity (Wildman–Crippen MR) is 164 cm³/mol. The number of anilines is 4. The van der Waals surface area contributed by atoms with Gasteiger partial charge in [-0.1, -0.05) is 12.1 Å². The monoisotopic (exact) mass is 568 g/mol. The fraction of sp³-hybridized carbons (Fsp3) is 0.433. The molecule has 0 unspecified atom stereocenters. The zero-order valence-corrected chi connectivity index (χ0v) is 24.1. The number of morpholine rings is 1. The molecule has 0 spiro atoms. The molecule has 11 heteroatoms. The second kappa shape index (κ2) is 15.5. The minimum absolute atomic E-state index is 0. The molecule has 3 heterocycles. The Morgan fingerprint density at radius 3 is 2.32 bits per heavy atom. The van der Waals surface area contributed by atoms with E-state index in [9.17, 15) is 4.79 Å². The van der Waals surface area contributed by atoms with Crippen molar-refractivity contribution in [2.24, 2.45) is 0 Å². The zero-order chi connectivity index (χ0) is 28.9. The largest absolute Gasteiger partial charge is 0.493 e. The Hall–Kier alpha value is -4.25. The van der Waals surface area contributed by atoms with Gasteiger partial charge in [-0.05, 0) is 43.0 Å². The molecule has 1 aromatic heterocycles. The van der Waals surface area contributed by atoms with Crippen LogP contribution in [0.25, 0.3) is 0 Å². The number of hydrogen-bond donors (Lipinski definition) is 2. The molecule has 5 rings (SSSR count). The van der Waals surface area contributed by atoms with Crippen molar-refractivity contribution < 1.29 is 26.6 Å². The average Bonchev–Trinajstić information content (AvgIpc) is 3.04. The number of amides is 1. The lowest BCUT2D eigenvalue weighted by molar-refractivity contribution is -0.109. The summed E-state index contributed by atoms with van der Waals surface area (Å²) in [4.78, 5) is 23.8. The Labute approximate surface area is 244 Å². The summed E-state index contributed by atoms with van der Waals surface area (Å²) in [6, 6.07) is 13.9. The van der Waals surface area contributed by atoms with Gasteiger partial charge >= 0.3 is 0 Å². The highest BCUT2D eigenvalue weighted by molar-refractivity contribution is 5.66. The van der Waals surface area contributed by atoms with Gasteiger partial charge in [0, 0.05) is 65.3 Å². The lowest BCUT2D eigenvalue weighted by Crippen LogP contribution is -2.36. The Kier molecular flexibility index (Phi) is 11.2. The number of nitrogens with one attached hydrogen (secondary N) is 2. The smallest absolute Gasteiger partial charge is 0.229 e. The van der Waals surface area contributed by atoms with E-state index in [-0.39, 0.29) is 2.85 Å². The van der Waals surface area contributed by atoms with Crippen LogP contribution in [0, 0.1) is 0 Å². The van der Waals surface area contributed by atoms with Crippen LogP contribution >= 0.6 is 0 Å². The van der Waals surface area contributed by atoms with Gasteiger partial charge in [0.1, 0.15) is 5.82 Å². The van der Waals surface area contributed by atoms with Crippen molar-refractivity contribution >= 4 is 29.6 Å². The van der Waals surface area contributed by atoms with Crippen molar-refractivity contribution in [2.75, 3.05) is 75.8 Å². The van der Waals surface area contributed by atoms with Crippen LogP contribution in [0.4, 0.5) is 23.1 Å². The van der Waals surface area contributed by atoms with E-state index < -0.39 is 0 Å². The third kappa shape index (κ3) is 8.37. The SMILES string of the molecule is COc1cc(Nc2nccc(N3CCCCC3)n2)cc(OC)c1OC.O=CNCc1cccc(N2CCOCC2)c1.[HH].[HH]. The lowest BCUT2D eigenvalue weighted by Gasteiger charge is -2.29. The molecule has 11 nitrogen and oxygen atoms in total. The first-order valence-corrected chi connectivity index (χ1v) is 13.9. The summed E-state index contributed by atoms with van der Waals surface area (Å²) in [6.45, 7) is 6.12. The number of piperidine rings is 1. The number of benzene rings is 2. The maximum absolute atomic E-state index is 10.2. The molecule has 2 aromatic carbocycles. The molecule has 0 atom stereocenters. The Morgan fingerprint density at radius 1 is 0.927 bits per heavy atom. The van der Waals surface area contributed by atoms with Crippen LogP contribution in [0.15, 0.2) is 48.7 Å². The predicted octanol–water partition coefficient (Wildman–Crippen LogP) is 4.50. The second-order valence-corrected chi connectivity index (χ2v) is 9.59. The highest BCUT2D eigenvalue weighted by atomic mass is 16.5. The zero-order valence-electron chi connectivity index (χ0n) is 24.1. The van der Waals surface area contributed by atoms with Crippen molar-refractivity contribution in [1.82, 2.24) is 15.3 Å². The molecule has 2 fully saturated rings. The number of nitrogens with zero attached hydrogens (tertiary/aromatic N) is 4. The molecule has 1 amide bonds. The Morgan fingerprint density at radius 2 is 1.66 bits per heavy atom. The van der Waals surface area contributed by atoms with E-state index in [1.165, 1.54) is 24.9 Å². The van der Waals surface area contributed by atoms with Gasteiger partial charge in [-0.3, -0.25) is 4.79 Å². The van der Waals surface area contributed by atoms with Gasteiger partial charge < -0.3 is 39.4 Å². The number of aromatic nitrogens is 2. The van der Waals surface area contributed by atoms with Crippen LogP contribution in [-0.4, -0.2) is 77.1 Å². The van der Waals surface area contributed by atoms with E-state index in [2.05, 4.69) is 42.5 Å². The molecule has 2 N–H and O–H groups in total. The number of methoxy groups -OCH3 is 3. The van der Waals surface area contributed by atoms with E-state index in [0.29, 0.717) is 29.7 Å². The number of ether oxygens (including phenoxy) is 4. The van der Waals surface area contributed by atoms with Crippen molar-refractivity contribution in [3.8, 4) is 17.2 Å². The second-order valence-electron chi connectivity index (χ2n) is 9.59.